The number of thioether (sulfide) groups is 1. The maximum atomic E-state index is 12.7. The Morgan fingerprint density at radius 2 is 2.05 bits per heavy atom. The molecule has 0 unspecified atom stereocenters. The van der Waals surface area contributed by atoms with Crippen LogP contribution in [0.2, 0.25) is 5.02 Å². The molecule has 2 aromatic rings. The lowest BCUT2D eigenvalue weighted by Crippen LogP contribution is -2.24. The number of hydrogen-bond acceptors (Lipinski definition) is 3. The number of rotatable bonds is 5. The van der Waals surface area contributed by atoms with Gasteiger partial charge >= 0.3 is 0 Å². The van der Waals surface area contributed by atoms with Gasteiger partial charge in [-0.1, -0.05) is 35.5 Å². The van der Waals surface area contributed by atoms with Crippen molar-refractivity contribution in [1.29, 1.82) is 0 Å². The average Bonchev–Trinajstić information content (AvgIpc) is 2.46. The van der Waals surface area contributed by atoms with Gasteiger partial charge in [0.15, 0.2) is 0 Å². The zero-order chi connectivity index (χ0) is 14.4. The summed E-state index contributed by atoms with van der Waals surface area (Å²) in [6.45, 7) is 0.371. The van der Waals surface area contributed by atoms with E-state index in [2.05, 4.69) is 10.3 Å². The molecule has 0 aliphatic heterocycles. The predicted molar refractivity (Wildman–Crippen MR) is 78.2 cm³/mol. The number of carbonyl (C=O) groups excluding carboxylic acids is 1. The van der Waals surface area contributed by atoms with Gasteiger partial charge in [0.05, 0.1) is 10.8 Å². The highest BCUT2D eigenvalue weighted by Crippen LogP contribution is 2.23. The first-order chi connectivity index (χ1) is 9.65. The third-order valence-electron chi connectivity index (χ3n) is 2.47. The molecular formula is C14H12ClFN2OS. The Bertz CT molecular complexity index is 592. The molecule has 0 aliphatic rings. The molecule has 0 fully saturated rings. The topological polar surface area (TPSA) is 42.0 Å². The van der Waals surface area contributed by atoms with Crippen LogP contribution in [-0.2, 0) is 11.3 Å². The van der Waals surface area contributed by atoms with Crippen molar-refractivity contribution < 1.29 is 9.18 Å². The van der Waals surface area contributed by atoms with Crippen LogP contribution in [-0.4, -0.2) is 16.6 Å². The molecule has 1 aromatic heterocycles. The van der Waals surface area contributed by atoms with Gasteiger partial charge in [-0.05, 0) is 29.8 Å². The molecule has 3 nitrogen and oxygen atoms in total. The molecule has 0 aliphatic carbocycles. The Morgan fingerprint density at radius 3 is 2.75 bits per heavy atom. The Hall–Kier alpha value is -1.59. The van der Waals surface area contributed by atoms with Gasteiger partial charge in [0.2, 0.25) is 5.91 Å². The molecule has 20 heavy (non-hydrogen) atoms. The highest BCUT2D eigenvalue weighted by Gasteiger charge is 2.06. The van der Waals surface area contributed by atoms with Crippen LogP contribution < -0.4 is 5.32 Å². The van der Waals surface area contributed by atoms with Crippen molar-refractivity contribution in [3.8, 4) is 0 Å². The summed E-state index contributed by atoms with van der Waals surface area (Å²) in [4.78, 5) is 15.8. The fourth-order valence-electron chi connectivity index (χ4n) is 1.47. The van der Waals surface area contributed by atoms with Crippen molar-refractivity contribution >= 4 is 29.3 Å². The Labute approximate surface area is 125 Å². The summed E-state index contributed by atoms with van der Waals surface area (Å²) in [5.74, 6) is -0.181. The quantitative estimate of drug-likeness (QED) is 0.862. The molecule has 1 amide bonds. The fourth-order valence-corrected chi connectivity index (χ4v) is 2.46. The largest absolute Gasteiger partial charge is 0.351 e. The summed E-state index contributed by atoms with van der Waals surface area (Å²) < 4.78 is 12.7. The van der Waals surface area contributed by atoms with Crippen molar-refractivity contribution in [3.63, 3.8) is 0 Å². The Kier molecular flexibility index (Phi) is 5.38. The molecule has 0 saturated heterocycles. The second-order valence-corrected chi connectivity index (χ2v) is 5.35. The lowest BCUT2D eigenvalue weighted by Gasteiger charge is -2.05. The van der Waals surface area contributed by atoms with Crippen LogP contribution in [0.15, 0.2) is 47.6 Å². The number of amides is 1. The first-order valence-electron chi connectivity index (χ1n) is 5.89. The van der Waals surface area contributed by atoms with Crippen LogP contribution in [0.1, 0.15) is 5.56 Å². The van der Waals surface area contributed by atoms with Crippen molar-refractivity contribution in [2.24, 2.45) is 0 Å². The molecule has 1 heterocycles. The van der Waals surface area contributed by atoms with E-state index < -0.39 is 0 Å². The number of hydrogen-bond donors (Lipinski definition) is 1. The van der Waals surface area contributed by atoms with E-state index in [-0.39, 0.29) is 17.5 Å². The predicted octanol–water partition coefficient (Wildman–Crippen LogP) is 3.28. The molecule has 6 heteroatoms. The minimum absolute atomic E-state index is 0.124. The highest BCUT2D eigenvalue weighted by molar-refractivity contribution is 8.00. The number of benzene rings is 1. The Balaban J connectivity index is 1.78. The van der Waals surface area contributed by atoms with Crippen molar-refractivity contribution in [2.45, 2.75) is 11.6 Å². The van der Waals surface area contributed by atoms with Crippen molar-refractivity contribution in [2.75, 3.05) is 5.75 Å². The summed E-state index contributed by atoms with van der Waals surface area (Å²) in [5, 5.41) is 3.92. The standard InChI is InChI=1S/C14H12ClFN2OS/c15-12-2-1-7-17-14(12)20-9-13(19)18-8-10-3-5-11(16)6-4-10/h1-7H,8-9H2,(H,18,19). The van der Waals surface area contributed by atoms with Gasteiger partial charge in [0.25, 0.3) is 0 Å². The number of pyridine rings is 1. The summed E-state index contributed by atoms with van der Waals surface area (Å²) in [6, 6.07) is 9.47. The molecule has 1 aromatic carbocycles. The molecule has 0 spiro atoms. The zero-order valence-electron chi connectivity index (χ0n) is 10.5. The van der Waals surface area contributed by atoms with Gasteiger partial charge in [-0.3, -0.25) is 4.79 Å². The zero-order valence-corrected chi connectivity index (χ0v) is 12.0. The molecule has 0 atom stereocenters. The van der Waals surface area contributed by atoms with Gasteiger partial charge in [-0.25, -0.2) is 9.37 Å². The first kappa shape index (κ1) is 14.8. The van der Waals surface area contributed by atoms with Crippen molar-refractivity contribution in [3.05, 3.63) is 59.0 Å². The molecule has 0 radical (unpaired) electrons. The SMILES string of the molecule is O=C(CSc1ncccc1Cl)NCc1ccc(F)cc1. The molecule has 0 saturated carbocycles. The van der Waals surface area contributed by atoms with E-state index in [0.717, 1.165) is 5.56 Å². The van der Waals surface area contributed by atoms with E-state index in [1.54, 1.807) is 30.5 Å². The number of nitrogens with zero attached hydrogens (tertiary/aromatic N) is 1. The van der Waals surface area contributed by atoms with E-state index >= 15 is 0 Å². The lowest BCUT2D eigenvalue weighted by molar-refractivity contribution is -0.118. The third kappa shape index (κ3) is 4.51. The van der Waals surface area contributed by atoms with E-state index in [1.807, 2.05) is 0 Å². The minimum Gasteiger partial charge on any atom is -0.351 e. The number of carbonyl (C=O) groups is 1. The van der Waals surface area contributed by atoms with Crippen LogP contribution in [0.25, 0.3) is 0 Å². The third-order valence-corrected chi connectivity index (χ3v) is 3.89. The second-order valence-electron chi connectivity index (χ2n) is 3.98. The molecule has 104 valence electrons. The second kappa shape index (κ2) is 7.26. The van der Waals surface area contributed by atoms with Gasteiger partial charge in [-0.2, -0.15) is 0 Å². The van der Waals surface area contributed by atoms with E-state index in [9.17, 15) is 9.18 Å². The van der Waals surface area contributed by atoms with Crippen LogP contribution >= 0.6 is 23.4 Å². The summed E-state index contributed by atoms with van der Waals surface area (Å²) in [6.07, 6.45) is 1.63. The van der Waals surface area contributed by atoms with Gasteiger partial charge in [0, 0.05) is 12.7 Å². The number of halogens is 2. The van der Waals surface area contributed by atoms with Gasteiger partial charge in [0.1, 0.15) is 10.8 Å². The van der Waals surface area contributed by atoms with Gasteiger partial charge in [-0.15, -0.1) is 0 Å². The van der Waals surface area contributed by atoms with E-state index in [4.69, 9.17) is 11.6 Å². The van der Waals surface area contributed by atoms with Crippen molar-refractivity contribution in [1.82, 2.24) is 10.3 Å². The molecule has 0 bridgehead atoms. The minimum atomic E-state index is -0.291. The number of aromatic nitrogens is 1. The van der Waals surface area contributed by atoms with Crippen LogP contribution in [0.5, 0.6) is 0 Å². The van der Waals surface area contributed by atoms with E-state index in [1.165, 1.54) is 23.9 Å². The Morgan fingerprint density at radius 1 is 1.30 bits per heavy atom. The smallest absolute Gasteiger partial charge is 0.230 e. The maximum absolute atomic E-state index is 12.7. The molecule has 2 rings (SSSR count). The van der Waals surface area contributed by atoms with E-state index in [0.29, 0.717) is 16.6 Å². The number of nitrogens with one attached hydrogen (secondary N) is 1. The highest BCUT2D eigenvalue weighted by atomic mass is 35.5. The monoisotopic (exact) mass is 310 g/mol. The molecular weight excluding hydrogens is 299 g/mol. The maximum Gasteiger partial charge on any atom is 0.230 e. The van der Waals surface area contributed by atoms with Crippen LogP contribution in [0.4, 0.5) is 4.39 Å². The molecule has 1 N–H and O–H groups in total. The van der Waals surface area contributed by atoms with Crippen LogP contribution in [0.3, 0.4) is 0 Å². The average molecular weight is 311 g/mol. The summed E-state index contributed by atoms with van der Waals surface area (Å²) in [5.41, 5.74) is 0.848. The normalized spacial score (nSPS) is 10.3. The van der Waals surface area contributed by atoms with Crippen LogP contribution in [0, 0.1) is 5.82 Å². The lowest BCUT2D eigenvalue weighted by atomic mass is 10.2. The van der Waals surface area contributed by atoms with Gasteiger partial charge < -0.3 is 5.32 Å². The summed E-state index contributed by atoms with van der Waals surface area (Å²) >= 11 is 7.22. The fraction of sp³-hybridized carbons (Fsp3) is 0.143. The first-order valence-corrected chi connectivity index (χ1v) is 7.26. The summed E-state index contributed by atoms with van der Waals surface area (Å²) in [7, 11) is 0.